The molecule has 32 heavy (non-hydrogen) atoms. The molecule has 1 aliphatic carbocycles. The molecule has 13 heteroatoms. The van der Waals surface area contributed by atoms with Gasteiger partial charge in [0.25, 0.3) is 5.91 Å². The van der Waals surface area contributed by atoms with Crippen molar-refractivity contribution in [2.45, 2.75) is 49.4 Å². The molecule has 0 bridgehead atoms. The number of amides is 4. The Hall–Kier alpha value is -3.35. The zero-order chi connectivity index (χ0) is 22.7. The fourth-order valence-electron chi connectivity index (χ4n) is 3.71. The second-order valence-corrected chi connectivity index (χ2v) is 8.47. The number of nitrogens with zero attached hydrogens (tertiary/aromatic N) is 4. The molecule has 4 amide bonds. The van der Waals surface area contributed by atoms with Crippen LogP contribution in [0.1, 0.15) is 37.9 Å². The number of carbonyl (C=O) groups is 3. The molecule has 4 rings (SSSR count). The Bertz CT molecular complexity index is 1040. The number of hydrogen-bond donors (Lipinski definition) is 3. The van der Waals surface area contributed by atoms with Gasteiger partial charge in [0.05, 0.1) is 5.75 Å². The van der Waals surface area contributed by atoms with E-state index >= 15 is 0 Å². The molecule has 0 unspecified atom stereocenters. The molecule has 1 saturated carbocycles. The summed E-state index contributed by atoms with van der Waals surface area (Å²) in [5.41, 5.74) is 1.43. The maximum atomic E-state index is 13.6. The van der Waals surface area contributed by atoms with Crippen molar-refractivity contribution in [3.05, 3.63) is 35.9 Å². The van der Waals surface area contributed by atoms with Crippen LogP contribution in [-0.2, 0) is 16.2 Å². The summed E-state index contributed by atoms with van der Waals surface area (Å²) < 4.78 is 20.1. The van der Waals surface area contributed by atoms with Crippen molar-refractivity contribution in [2.24, 2.45) is 0 Å². The first-order chi connectivity index (χ1) is 15.4. The molecule has 170 valence electrons. The summed E-state index contributed by atoms with van der Waals surface area (Å²) in [5, 5.41) is 11.5. The van der Waals surface area contributed by atoms with Gasteiger partial charge < -0.3 is 15.9 Å². The lowest BCUT2D eigenvalue weighted by Crippen LogP contribution is -2.51. The number of nitrogens with one attached hydrogen (secondary N) is 2. The van der Waals surface area contributed by atoms with Gasteiger partial charge in [-0.1, -0.05) is 43.2 Å². The van der Waals surface area contributed by atoms with Crippen molar-refractivity contribution in [2.75, 3.05) is 11.6 Å². The summed E-state index contributed by atoms with van der Waals surface area (Å²) in [6.45, 7) is -0.123. The maximum Gasteiger partial charge on any atom is 0.344 e. The number of carbonyl (C=O) groups excluding carboxylic acids is 3. The maximum absolute atomic E-state index is 13.6. The Morgan fingerprint density at radius 2 is 2.00 bits per heavy atom. The number of benzene rings is 1. The molecule has 0 atom stereocenters. The standard InChI is InChI=1S/C19H22FN7O4S/c20-12-6-2-3-7-13(12)31-10-14-23-24-18(26(14)21)32-11-15(28)25-27-16(29)19(22-17(27)30)8-4-1-5-9-19/h2-3,6-7H,1,4-5,8-11,21H2,(H,22,30)(H,25,28). The topological polar surface area (TPSA) is 144 Å². The highest BCUT2D eigenvalue weighted by atomic mass is 32.2. The minimum absolute atomic E-state index is 0.0494. The smallest absolute Gasteiger partial charge is 0.344 e. The van der Waals surface area contributed by atoms with Crippen molar-refractivity contribution >= 4 is 29.6 Å². The predicted molar refractivity (Wildman–Crippen MR) is 111 cm³/mol. The molecule has 1 aromatic heterocycles. The quantitative estimate of drug-likeness (QED) is 0.314. The zero-order valence-electron chi connectivity index (χ0n) is 17.0. The van der Waals surface area contributed by atoms with Gasteiger partial charge in [-0.2, -0.15) is 5.01 Å². The van der Waals surface area contributed by atoms with Crippen LogP contribution in [0.5, 0.6) is 5.75 Å². The summed E-state index contributed by atoms with van der Waals surface area (Å²) in [7, 11) is 0. The van der Waals surface area contributed by atoms with Crippen LogP contribution in [-0.4, -0.2) is 49.0 Å². The van der Waals surface area contributed by atoms with Gasteiger partial charge in [0, 0.05) is 0 Å². The van der Waals surface area contributed by atoms with E-state index in [4.69, 9.17) is 10.6 Å². The molecule has 1 aliphatic heterocycles. The summed E-state index contributed by atoms with van der Waals surface area (Å²) in [5.74, 6) is 4.52. The van der Waals surface area contributed by atoms with Crippen LogP contribution in [0.3, 0.4) is 0 Å². The van der Waals surface area contributed by atoms with Crippen molar-refractivity contribution in [1.82, 2.24) is 30.6 Å². The van der Waals surface area contributed by atoms with Crippen LogP contribution in [0.2, 0.25) is 0 Å². The number of urea groups is 1. The molecule has 11 nitrogen and oxygen atoms in total. The Morgan fingerprint density at radius 1 is 1.25 bits per heavy atom. The van der Waals surface area contributed by atoms with E-state index in [0.29, 0.717) is 12.8 Å². The highest BCUT2D eigenvalue weighted by Crippen LogP contribution is 2.33. The Balaban J connectivity index is 1.30. The van der Waals surface area contributed by atoms with E-state index in [0.717, 1.165) is 40.7 Å². The van der Waals surface area contributed by atoms with E-state index in [1.807, 2.05) is 0 Å². The van der Waals surface area contributed by atoms with Crippen LogP contribution in [0.25, 0.3) is 0 Å². The lowest BCUT2D eigenvalue weighted by Gasteiger charge is -2.30. The lowest BCUT2D eigenvalue weighted by molar-refractivity contribution is -0.139. The monoisotopic (exact) mass is 463 g/mol. The number of ether oxygens (including phenoxy) is 1. The van der Waals surface area contributed by atoms with Crippen molar-refractivity contribution in [3.8, 4) is 5.75 Å². The van der Waals surface area contributed by atoms with Gasteiger partial charge in [-0.3, -0.25) is 15.0 Å². The fraction of sp³-hybridized carbons (Fsp3) is 0.421. The van der Waals surface area contributed by atoms with E-state index < -0.39 is 29.2 Å². The number of aromatic nitrogens is 3. The Kier molecular flexibility index (Phi) is 6.17. The van der Waals surface area contributed by atoms with Gasteiger partial charge in [-0.25, -0.2) is 13.9 Å². The van der Waals surface area contributed by atoms with Crippen molar-refractivity contribution in [1.29, 1.82) is 0 Å². The number of para-hydroxylation sites is 1. The molecular formula is C19H22FN7O4S. The van der Waals surface area contributed by atoms with Gasteiger partial charge in [-0.15, -0.1) is 10.2 Å². The second kappa shape index (κ2) is 9.02. The third-order valence-corrected chi connectivity index (χ3v) is 6.31. The SMILES string of the molecule is Nn1c(COc2ccccc2F)nnc1SCC(=O)NN1C(=O)NC2(CCCCC2)C1=O. The summed E-state index contributed by atoms with van der Waals surface area (Å²) in [6, 6.07) is 5.28. The number of nitrogen functional groups attached to an aromatic ring is 1. The summed E-state index contributed by atoms with van der Waals surface area (Å²) >= 11 is 0.967. The van der Waals surface area contributed by atoms with Crippen LogP contribution in [0, 0.1) is 5.82 Å². The third kappa shape index (κ3) is 4.33. The molecule has 2 aliphatic rings. The number of hydrogen-bond acceptors (Lipinski definition) is 8. The van der Waals surface area contributed by atoms with Crippen LogP contribution in [0.4, 0.5) is 9.18 Å². The van der Waals surface area contributed by atoms with Gasteiger partial charge in [0.15, 0.2) is 17.4 Å². The molecule has 1 saturated heterocycles. The van der Waals surface area contributed by atoms with Crippen LogP contribution >= 0.6 is 11.8 Å². The first kappa shape index (κ1) is 21.9. The molecule has 4 N–H and O–H groups in total. The van der Waals surface area contributed by atoms with Gasteiger partial charge in [-0.05, 0) is 25.0 Å². The lowest BCUT2D eigenvalue weighted by atomic mass is 9.82. The van der Waals surface area contributed by atoms with E-state index in [1.165, 1.54) is 12.1 Å². The van der Waals surface area contributed by atoms with E-state index in [9.17, 15) is 18.8 Å². The number of thioether (sulfide) groups is 1. The Morgan fingerprint density at radius 3 is 2.75 bits per heavy atom. The normalized spacial score (nSPS) is 17.5. The predicted octanol–water partition coefficient (Wildman–Crippen LogP) is 1.09. The number of halogens is 1. The molecular weight excluding hydrogens is 441 g/mol. The number of rotatable bonds is 7. The fourth-order valence-corrected chi connectivity index (χ4v) is 4.38. The van der Waals surface area contributed by atoms with Gasteiger partial charge in [0.1, 0.15) is 12.1 Å². The minimum atomic E-state index is -0.916. The van der Waals surface area contributed by atoms with Crippen molar-refractivity contribution < 1.29 is 23.5 Å². The van der Waals surface area contributed by atoms with E-state index in [-0.39, 0.29) is 29.1 Å². The average Bonchev–Trinajstić information content (AvgIpc) is 3.24. The van der Waals surface area contributed by atoms with Crippen LogP contribution < -0.4 is 21.3 Å². The van der Waals surface area contributed by atoms with Gasteiger partial charge in [0.2, 0.25) is 11.1 Å². The molecule has 2 heterocycles. The molecule has 0 radical (unpaired) electrons. The largest absolute Gasteiger partial charge is 0.482 e. The van der Waals surface area contributed by atoms with Crippen LogP contribution in [0.15, 0.2) is 29.4 Å². The highest BCUT2D eigenvalue weighted by molar-refractivity contribution is 7.99. The summed E-state index contributed by atoms with van der Waals surface area (Å²) in [4.78, 5) is 37.3. The van der Waals surface area contributed by atoms with Crippen molar-refractivity contribution in [3.63, 3.8) is 0 Å². The first-order valence-electron chi connectivity index (χ1n) is 10.1. The zero-order valence-corrected chi connectivity index (χ0v) is 17.9. The van der Waals surface area contributed by atoms with Gasteiger partial charge >= 0.3 is 6.03 Å². The number of imide groups is 1. The molecule has 2 aromatic rings. The molecule has 1 spiro atoms. The number of nitrogens with two attached hydrogens (primary N) is 1. The average molecular weight is 463 g/mol. The highest BCUT2D eigenvalue weighted by Gasteiger charge is 2.52. The second-order valence-electron chi connectivity index (χ2n) is 7.53. The summed E-state index contributed by atoms with van der Waals surface area (Å²) in [6.07, 6.45) is 3.83. The molecule has 2 fully saturated rings. The first-order valence-corrected chi connectivity index (χ1v) is 11.0. The number of hydrazine groups is 1. The van der Waals surface area contributed by atoms with E-state index in [1.54, 1.807) is 12.1 Å². The van der Waals surface area contributed by atoms with E-state index in [2.05, 4.69) is 20.9 Å². The third-order valence-electron chi connectivity index (χ3n) is 5.37. The Labute approximate surface area is 186 Å². The minimum Gasteiger partial charge on any atom is -0.482 e. The molecule has 1 aromatic carbocycles.